The maximum atomic E-state index is 12.2. The van der Waals surface area contributed by atoms with Crippen LogP contribution in [-0.4, -0.2) is 10.9 Å². The number of amides is 1. The third kappa shape index (κ3) is 3.39. The Morgan fingerprint density at radius 2 is 1.96 bits per heavy atom. The number of nitrogens with zero attached hydrogens (tertiary/aromatic N) is 1. The summed E-state index contributed by atoms with van der Waals surface area (Å²) < 4.78 is 5.69. The molecule has 2 aliphatic rings. The van der Waals surface area contributed by atoms with Crippen LogP contribution in [0.15, 0.2) is 45.6 Å². The van der Waals surface area contributed by atoms with Gasteiger partial charge in [-0.05, 0) is 23.6 Å². The Hall–Kier alpha value is -2.69. The number of hydrogen-bond donors (Lipinski definition) is 1. The van der Waals surface area contributed by atoms with Crippen LogP contribution in [0.25, 0.3) is 22.6 Å². The van der Waals surface area contributed by atoms with Gasteiger partial charge in [0.2, 0.25) is 11.3 Å². The van der Waals surface area contributed by atoms with Crippen molar-refractivity contribution in [3.8, 4) is 11.5 Å². The van der Waals surface area contributed by atoms with Crippen molar-refractivity contribution in [3.05, 3.63) is 46.6 Å². The molecule has 5 heteroatoms. The van der Waals surface area contributed by atoms with Gasteiger partial charge in [-0.2, -0.15) is 0 Å². The predicted octanol–water partition coefficient (Wildman–Crippen LogP) is 3.67. The van der Waals surface area contributed by atoms with Crippen molar-refractivity contribution in [2.45, 2.75) is 27.2 Å². The highest BCUT2D eigenvalue weighted by Gasteiger charge is 2.18. The van der Waals surface area contributed by atoms with Gasteiger partial charge in [-0.1, -0.05) is 32.9 Å². The summed E-state index contributed by atoms with van der Waals surface area (Å²) in [5.74, 6) is 0.217. The summed E-state index contributed by atoms with van der Waals surface area (Å²) in [6.45, 7) is 5.91. The standard InChI is InChI=1S/C18H18N2O3/c1-18(2,3)10-17(22)20-12-8-13-16(9-14(12)21)23-15-7-5-4-6-11(15)19-13/h4-9H,10H2,1-3H3,(H,20,22). The maximum Gasteiger partial charge on any atom is 0.225 e. The summed E-state index contributed by atoms with van der Waals surface area (Å²) in [4.78, 5) is 28.7. The van der Waals surface area contributed by atoms with Gasteiger partial charge in [0, 0.05) is 12.5 Å². The molecule has 0 aromatic heterocycles. The first-order valence-electron chi connectivity index (χ1n) is 7.45. The molecule has 0 spiro atoms. The van der Waals surface area contributed by atoms with Crippen molar-refractivity contribution >= 4 is 22.7 Å². The normalized spacial score (nSPS) is 11.8. The number of carbonyl (C=O) groups excluding carboxylic acids is 1. The van der Waals surface area contributed by atoms with Crippen molar-refractivity contribution in [2.24, 2.45) is 5.41 Å². The van der Waals surface area contributed by atoms with E-state index in [0.29, 0.717) is 29.0 Å². The minimum Gasteiger partial charge on any atom is -0.453 e. The molecular formula is C18H18N2O3. The van der Waals surface area contributed by atoms with Crippen LogP contribution in [0, 0.1) is 5.41 Å². The highest BCUT2D eigenvalue weighted by Crippen LogP contribution is 2.26. The van der Waals surface area contributed by atoms with Crippen LogP contribution in [0.1, 0.15) is 27.2 Å². The molecule has 3 rings (SSSR count). The smallest absolute Gasteiger partial charge is 0.225 e. The van der Waals surface area contributed by atoms with Crippen molar-refractivity contribution in [3.63, 3.8) is 0 Å². The Balaban J connectivity index is 2.01. The van der Waals surface area contributed by atoms with E-state index in [1.165, 1.54) is 6.07 Å². The van der Waals surface area contributed by atoms with Crippen LogP contribution < -0.4 is 10.7 Å². The van der Waals surface area contributed by atoms with Crippen molar-refractivity contribution in [2.75, 3.05) is 5.32 Å². The van der Waals surface area contributed by atoms with Crippen molar-refractivity contribution in [1.82, 2.24) is 4.98 Å². The highest BCUT2D eigenvalue weighted by molar-refractivity contribution is 5.92. The second kappa shape index (κ2) is 5.50. The summed E-state index contributed by atoms with van der Waals surface area (Å²) >= 11 is 0. The van der Waals surface area contributed by atoms with Crippen LogP contribution in [0.2, 0.25) is 0 Å². The van der Waals surface area contributed by atoms with Gasteiger partial charge in [-0.3, -0.25) is 9.59 Å². The number of fused-ring (bicyclic) bond motifs is 2. The fraction of sp³-hybridized carbons (Fsp3) is 0.278. The van der Waals surface area contributed by atoms with E-state index >= 15 is 0 Å². The molecule has 0 radical (unpaired) electrons. The minimum atomic E-state index is -0.291. The monoisotopic (exact) mass is 310 g/mol. The Morgan fingerprint density at radius 1 is 1.22 bits per heavy atom. The summed E-state index contributed by atoms with van der Waals surface area (Å²) in [5, 5.41) is 2.67. The van der Waals surface area contributed by atoms with Crippen molar-refractivity contribution < 1.29 is 9.21 Å². The van der Waals surface area contributed by atoms with Crippen LogP contribution >= 0.6 is 0 Å². The first-order valence-corrected chi connectivity index (χ1v) is 7.45. The molecule has 0 saturated carbocycles. The average Bonchev–Trinajstić information content (AvgIpc) is 2.44. The number of rotatable bonds is 2. The minimum absolute atomic E-state index is 0.145. The zero-order chi connectivity index (χ0) is 16.6. The molecule has 1 heterocycles. The molecule has 1 amide bonds. The number of anilines is 1. The number of nitrogens with one attached hydrogen (secondary N) is 1. The zero-order valence-corrected chi connectivity index (χ0v) is 13.3. The van der Waals surface area contributed by atoms with Crippen LogP contribution in [-0.2, 0) is 4.79 Å². The topological polar surface area (TPSA) is 72.2 Å². The largest absolute Gasteiger partial charge is 0.453 e. The number of aromatic nitrogens is 1. The molecule has 23 heavy (non-hydrogen) atoms. The van der Waals surface area contributed by atoms with E-state index in [1.807, 2.05) is 39.0 Å². The Labute approximate surface area is 133 Å². The van der Waals surface area contributed by atoms with Gasteiger partial charge in [0.05, 0.1) is 5.69 Å². The lowest BCUT2D eigenvalue weighted by molar-refractivity contribution is -0.117. The van der Waals surface area contributed by atoms with Gasteiger partial charge in [0.25, 0.3) is 0 Å². The molecule has 0 fully saturated rings. The van der Waals surface area contributed by atoms with E-state index in [9.17, 15) is 9.59 Å². The first-order chi connectivity index (χ1) is 10.8. The van der Waals surface area contributed by atoms with Gasteiger partial charge in [0.15, 0.2) is 11.3 Å². The van der Waals surface area contributed by atoms with Gasteiger partial charge in [-0.15, -0.1) is 0 Å². The summed E-state index contributed by atoms with van der Waals surface area (Å²) in [6.07, 6.45) is 0.333. The lowest BCUT2D eigenvalue weighted by atomic mass is 9.92. The van der Waals surface area contributed by atoms with E-state index in [2.05, 4.69) is 10.3 Å². The Kier molecular flexibility index (Phi) is 3.64. The average molecular weight is 310 g/mol. The number of carbonyl (C=O) groups is 1. The lowest BCUT2D eigenvalue weighted by Gasteiger charge is -2.17. The van der Waals surface area contributed by atoms with E-state index in [-0.39, 0.29) is 22.4 Å². The number of hydrogen-bond acceptors (Lipinski definition) is 4. The molecule has 1 N–H and O–H groups in total. The summed E-state index contributed by atoms with van der Waals surface area (Å²) in [6, 6.07) is 10.3. The molecule has 118 valence electrons. The van der Waals surface area contributed by atoms with E-state index in [1.54, 1.807) is 12.1 Å². The number of benzene rings is 2. The summed E-state index contributed by atoms with van der Waals surface area (Å²) in [5.41, 5.74) is 1.64. The molecule has 0 bridgehead atoms. The molecule has 0 saturated heterocycles. The molecule has 1 aliphatic carbocycles. The third-order valence-electron chi connectivity index (χ3n) is 3.35. The molecular weight excluding hydrogens is 292 g/mol. The SMILES string of the molecule is CC(C)(C)CC(=O)Nc1cc2nc3ccccc3oc-2cc1=O. The zero-order valence-electron chi connectivity index (χ0n) is 13.3. The van der Waals surface area contributed by atoms with E-state index < -0.39 is 0 Å². The van der Waals surface area contributed by atoms with Crippen LogP contribution in [0.3, 0.4) is 0 Å². The quantitative estimate of drug-likeness (QED) is 0.733. The third-order valence-corrected chi connectivity index (χ3v) is 3.35. The molecule has 1 aliphatic heterocycles. The lowest BCUT2D eigenvalue weighted by Crippen LogP contribution is -2.23. The van der Waals surface area contributed by atoms with Crippen LogP contribution in [0.4, 0.5) is 5.69 Å². The van der Waals surface area contributed by atoms with Gasteiger partial charge < -0.3 is 9.73 Å². The molecule has 5 nitrogen and oxygen atoms in total. The second-order valence-electron chi connectivity index (χ2n) is 6.78. The maximum absolute atomic E-state index is 12.2. The van der Waals surface area contributed by atoms with E-state index in [0.717, 1.165) is 0 Å². The Morgan fingerprint density at radius 3 is 2.70 bits per heavy atom. The van der Waals surface area contributed by atoms with Crippen LogP contribution in [0.5, 0.6) is 0 Å². The van der Waals surface area contributed by atoms with Crippen molar-refractivity contribution in [1.29, 1.82) is 0 Å². The molecule has 0 atom stereocenters. The summed E-state index contributed by atoms with van der Waals surface area (Å²) in [7, 11) is 0. The number of para-hydroxylation sites is 2. The van der Waals surface area contributed by atoms with Gasteiger partial charge in [0.1, 0.15) is 11.2 Å². The van der Waals surface area contributed by atoms with E-state index in [4.69, 9.17) is 4.42 Å². The second-order valence-corrected chi connectivity index (χ2v) is 6.78. The highest BCUT2D eigenvalue weighted by atomic mass is 16.3. The first kappa shape index (κ1) is 15.2. The molecule has 1 aromatic carbocycles. The van der Waals surface area contributed by atoms with Gasteiger partial charge >= 0.3 is 0 Å². The predicted molar refractivity (Wildman–Crippen MR) is 89.6 cm³/mol. The fourth-order valence-corrected chi connectivity index (χ4v) is 2.38. The van der Waals surface area contributed by atoms with Gasteiger partial charge in [-0.25, -0.2) is 4.98 Å². The molecule has 0 unspecified atom stereocenters. The fourth-order valence-electron chi connectivity index (χ4n) is 2.38. The molecule has 1 aromatic rings. The Bertz CT molecular complexity index is 906.